The first-order valence-electron chi connectivity index (χ1n) is 9.40. The Balaban J connectivity index is 1.46. The maximum absolute atomic E-state index is 12.5. The van der Waals surface area contributed by atoms with E-state index in [9.17, 15) is 9.90 Å². The number of fused-ring (bicyclic) bond motifs is 1. The fourth-order valence-corrected chi connectivity index (χ4v) is 4.00. The summed E-state index contributed by atoms with van der Waals surface area (Å²) in [5, 5.41) is 9.18. The van der Waals surface area contributed by atoms with Gasteiger partial charge in [0.2, 0.25) is 12.7 Å². The molecule has 1 N–H and O–H groups in total. The first-order chi connectivity index (χ1) is 13.0. The molecule has 0 aliphatic carbocycles. The van der Waals surface area contributed by atoms with Crippen LogP contribution >= 0.6 is 0 Å². The summed E-state index contributed by atoms with van der Waals surface area (Å²) in [5.74, 6) is 1.82. The third-order valence-corrected chi connectivity index (χ3v) is 5.51. The van der Waals surface area contributed by atoms with Crippen LogP contribution in [0.3, 0.4) is 0 Å². The maximum atomic E-state index is 12.5. The van der Waals surface area contributed by atoms with Gasteiger partial charge in [-0.25, -0.2) is 0 Å². The van der Waals surface area contributed by atoms with Crippen LogP contribution in [0, 0.1) is 5.41 Å². The molecule has 2 aromatic rings. The van der Waals surface area contributed by atoms with Crippen molar-refractivity contribution in [3.8, 4) is 11.5 Å². The Labute approximate surface area is 159 Å². The van der Waals surface area contributed by atoms with E-state index >= 15 is 0 Å². The van der Waals surface area contributed by atoms with Gasteiger partial charge in [-0.1, -0.05) is 37.3 Å². The number of benzene rings is 2. The fraction of sp³-hybridized carbons (Fsp3) is 0.409. The van der Waals surface area contributed by atoms with Crippen LogP contribution in [0.2, 0.25) is 0 Å². The summed E-state index contributed by atoms with van der Waals surface area (Å²) < 4.78 is 10.9. The summed E-state index contributed by atoms with van der Waals surface area (Å²) in [4.78, 5) is 14.4. The molecule has 0 bridgehead atoms. The molecule has 2 aromatic carbocycles. The van der Waals surface area contributed by atoms with E-state index in [-0.39, 0.29) is 24.7 Å². The summed E-state index contributed by atoms with van der Waals surface area (Å²) >= 11 is 0. The number of rotatable bonds is 5. The molecular formula is C22H25NO4. The van der Waals surface area contributed by atoms with Gasteiger partial charge in [0.25, 0.3) is 0 Å². The number of nitrogens with zero attached hydrogens (tertiary/aromatic N) is 1. The second-order valence-electron chi connectivity index (χ2n) is 7.90. The number of carbonyl (C=O) groups excluding carboxylic acids is 1. The van der Waals surface area contributed by atoms with Crippen molar-refractivity contribution in [2.75, 3.05) is 13.3 Å². The number of aliphatic hydroxyl groups is 1. The topological polar surface area (TPSA) is 59.0 Å². The van der Waals surface area contributed by atoms with Crippen LogP contribution in [0.5, 0.6) is 11.5 Å². The summed E-state index contributed by atoms with van der Waals surface area (Å²) in [7, 11) is 0. The van der Waals surface area contributed by atoms with Crippen LogP contribution in [-0.4, -0.2) is 29.3 Å². The first kappa shape index (κ1) is 17.9. The SMILES string of the molecule is CC1(Cc2ccc3c(c2)OCO3)CCC(=O)N(Cc2ccc(CO)cc2)C1. The Bertz CT molecular complexity index is 833. The summed E-state index contributed by atoms with van der Waals surface area (Å²) in [5.41, 5.74) is 3.22. The second kappa shape index (κ2) is 7.24. The van der Waals surface area contributed by atoms with Crippen molar-refractivity contribution < 1.29 is 19.4 Å². The zero-order valence-electron chi connectivity index (χ0n) is 15.6. The third-order valence-electron chi connectivity index (χ3n) is 5.51. The van der Waals surface area contributed by atoms with Gasteiger partial charge < -0.3 is 19.5 Å². The van der Waals surface area contributed by atoms with Gasteiger partial charge in [-0.2, -0.15) is 0 Å². The van der Waals surface area contributed by atoms with E-state index in [0.717, 1.165) is 42.0 Å². The quantitative estimate of drug-likeness (QED) is 0.881. The normalized spacial score (nSPS) is 21.6. The fourth-order valence-electron chi connectivity index (χ4n) is 4.00. The molecule has 0 saturated carbocycles. The predicted octanol–water partition coefficient (Wildman–Crippen LogP) is 3.28. The lowest BCUT2D eigenvalue weighted by Gasteiger charge is -2.40. The van der Waals surface area contributed by atoms with Crippen molar-refractivity contribution in [1.29, 1.82) is 0 Å². The Morgan fingerprint density at radius 2 is 1.74 bits per heavy atom. The number of amides is 1. The molecule has 2 aliphatic rings. The minimum Gasteiger partial charge on any atom is -0.454 e. The first-order valence-corrected chi connectivity index (χ1v) is 9.40. The molecule has 5 heteroatoms. The molecule has 2 heterocycles. The number of aliphatic hydroxyl groups excluding tert-OH is 1. The molecule has 1 saturated heterocycles. The van der Waals surface area contributed by atoms with E-state index in [1.807, 2.05) is 35.2 Å². The molecule has 2 aliphatic heterocycles. The molecule has 4 rings (SSSR count). The monoisotopic (exact) mass is 367 g/mol. The summed E-state index contributed by atoms with van der Waals surface area (Å²) in [6.07, 6.45) is 2.37. The molecule has 1 unspecified atom stereocenters. The van der Waals surface area contributed by atoms with Crippen molar-refractivity contribution in [3.05, 3.63) is 59.2 Å². The Hall–Kier alpha value is -2.53. The zero-order chi connectivity index (χ0) is 18.9. The summed E-state index contributed by atoms with van der Waals surface area (Å²) in [6.45, 7) is 3.93. The lowest BCUT2D eigenvalue weighted by molar-refractivity contribution is -0.137. The molecule has 27 heavy (non-hydrogen) atoms. The second-order valence-corrected chi connectivity index (χ2v) is 7.90. The van der Waals surface area contributed by atoms with Gasteiger partial charge >= 0.3 is 0 Å². The van der Waals surface area contributed by atoms with Crippen LogP contribution in [0.25, 0.3) is 0 Å². The van der Waals surface area contributed by atoms with Crippen LogP contribution in [0.4, 0.5) is 0 Å². The minimum atomic E-state index is 0.0344. The van der Waals surface area contributed by atoms with Crippen molar-refractivity contribution in [2.24, 2.45) is 5.41 Å². The zero-order valence-corrected chi connectivity index (χ0v) is 15.6. The average Bonchev–Trinajstić information content (AvgIpc) is 3.13. The maximum Gasteiger partial charge on any atom is 0.231 e. The standard InChI is InChI=1S/C22H25NO4/c1-22(11-18-6-7-19-20(10-18)27-15-26-19)9-8-21(25)23(14-22)12-16-2-4-17(13-24)5-3-16/h2-7,10,24H,8-9,11-15H2,1H3. The number of likely N-dealkylation sites (tertiary alicyclic amines) is 1. The predicted molar refractivity (Wildman–Crippen MR) is 101 cm³/mol. The molecule has 0 radical (unpaired) electrons. The number of ether oxygens (including phenoxy) is 2. The van der Waals surface area contributed by atoms with E-state index < -0.39 is 0 Å². The van der Waals surface area contributed by atoms with Crippen LogP contribution in [-0.2, 0) is 24.4 Å². The van der Waals surface area contributed by atoms with E-state index in [1.165, 1.54) is 5.56 Å². The van der Waals surface area contributed by atoms with Crippen LogP contribution < -0.4 is 9.47 Å². The molecule has 5 nitrogen and oxygen atoms in total. The lowest BCUT2D eigenvalue weighted by atomic mass is 9.76. The highest BCUT2D eigenvalue weighted by Crippen LogP contribution is 2.38. The van der Waals surface area contributed by atoms with Gasteiger partial charge in [0.05, 0.1) is 6.61 Å². The van der Waals surface area contributed by atoms with Crippen molar-refractivity contribution in [1.82, 2.24) is 4.90 Å². The highest BCUT2D eigenvalue weighted by molar-refractivity contribution is 5.77. The highest BCUT2D eigenvalue weighted by Gasteiger charge is 2.35. The van der Waals surface area contributed by atoms with Gasteiger partial charge in [0.15, 0.2) is 11.5 Å². The lowest BCUT2D eigenvalue weighted by Crippen LogP contribution is -2.45. The Morgan fingerprint density at radius 1 is 1.04 bits per heavy atom. The van der Waals surface area contributed by atoms with E-state index in [1.54, 1.807) is 0 Å². The van der Waals surface area contributed by atoms with Gasteiger partial charge in [-0.15, -0.1) is 0 Å². The molecule has 1 amide bonds. The molecule has 1 fully saturated rings. The van der Waals surface area contributed by atoms with Gasteiger partial charge in [0, 0.05) is 19.5 Å². The molecular weight excluding hydrogens is 342 g/mol. The Kier molecular flexibility index (Phi) is 4.79. The van der Waals surface area contributed by atoms with Crippen LogP contribution in [0.15, 0.2) is 42.5 Å². The number of carbonyl (C=O) groups is 1. The van der Waals surface area contributed by atoms with Crippen molar-refractivity contribution in [2.45, 2.75) is 39.3 Å². The minimum absolute atomic E-state index is 0.0344. The van der Waals surface area contributed by atoms with Gasteiger partial charge in [0.1, 0.15) is 0 Å². The average molecular weight is 367 g/mol. The molecule has 142 valence electrons. The van der Waals surface area contributed by atoms with Gasteiger partial charge in [-0.3, -0.25) is 4.79 Å². The number of hydrogen-bond acceptors (Lipinski definition) is 4. The molecule has 1 atom stereocenters. The van der Waals surface area contributed by atoms with Crippen molar-refractivity contribution in [3.63, 3.8) is 0 Å². The summed E-state index contributed by atoms with van der Waals surface area (Å²) in [6, 6.07) is 13.9. The van der Waals surface area contributed by atoms with E-state index in [4.69, 9.17) is 9.47 Å². The molecule has 0 spiro atoms. The third kappa shape index (κ3) is 3.93. The van der Waals surface area contributed by atoms with E-state index in [0.29, 0.717) is 13.0 Å². The van der Waals surface area contributed by atoms with Crippen molar-refractivity contribution >= 4 is 5.91 Å². The number of hydrogen-bond donors (Lipinski definition) is 1. The van der Waals surface area contributed by atoms with Crippen LogP contribution in [0.1, 0.15) is 36.5 Å². The molecule has 0 aromatic heterocycles. The largest absolute Gasteiger partial charge is 0.454 e. The van der Waals surface area contributed by atoms with E-state index in [2.05, 4.69) is 19.1 Å². The number of piperidine rings is 1. The highest BCUT2D eigenvalue weighted by atomic mass is 16.7. The van der Waals surface area contributed by atoms with Gasteiger partial charge in [-0.05, 0) is 47.1 Å². The smallest absolute Gasteiger partial charge is 0.231 e. The Morgan fingerprint density at radius 3 is 2.52 bits per heavy atom.